The highest BCUT2D eigenvalue weighted by Crippen LogP contribution is 2.51. The maximum Gasteiger partial charge on any atom is 0.127 e. The van der Waals surface area contributed by atoms with E-state index in [1.54, 1.807) is 0 Å². The summed E-state index contributed by atoms with van der Waals surface area (Å²) in [5.41, 5.74) is 13.0. The molecule has 2 aromatic carbocycles. The molecule has 1 aliphatic rings. The molecule has 24 heavy (non-hydrogen) atoms. The van der Waals surface area contributed by atoms with Crippen molar-refractivity contribution in [3.63, 3.8) is 0 Å². The van der Waals surface area contributed by atoms with Crippen LogP contribution in [0.1, 0.15) is 67.3 Å². The lowest BCUT2D eigenvalue weighted by molar-refractivity contribution is 0.121. The number of halogens is 1. The van der Waals surface area contributed by atoms with Gasteiger partial charge in [-0.1, -0.05) is 38.1 Å². The molecule has 1 aliphatic heterocycles. The highest BCUT2D eigenvalue weighted by molar-refractivity contribution is 5.85. The number of hydrogen-bond donors (Lipinski definition) is 1. The van der Waals surface area contributed by atoms with Gasteiger partial charge in [0.15, 0.2) is 0 Å². The van der Waals surface area contributed by atoms with Crippen molar-refractivity contribution in [3.05, 3.63) is 58.1 Å². The van der Waals surface area contributed by atoms with Gasteiger partial charge in [0.05, 0.1) is 5.92 Å². The van der Waals surface area contributed by atoms with E-state index in [0.29, 0.717) is 5.92 Å². The van der Waals surface area contributed by atoms with Crippen molar-refractivity contribution < 1.29 is 4.74 Å². The lowest BCUT2D eigenvalue weighted by Crippen LogP contribution is -2.31. The Morgan fingerprint density at radius 2 is 1.62 bits per heavy atom. The van der Waals surface area contributed by atoms with Gasteiger partial charge in [-0.3, -0.25) is 0 Å². The van der Waals surface area contributed by atoms with Crippen LogP contribution in [0.4, 0.5) is 5.69 Å². The third kappa shape index (κ3) is 2.88. The standard InChI is InChI=1S/C21H27NO.ClH/c1-12(2)15-7-9-16(10-8-15)19-17-11-18(22)13(3)14(4)20(17)23-21(19,5)6;/h7-12,19H,22H2,1-6H3;1H. The second kappa shape index (κ2) is 6.33. The third-order valence-corrected chi connectivity index (χ3v) is 5.22. The van der Waals surface area contributed by atoms with Gasteiger partial charge in [0.2, 0.25) is 0 Å². The van der Waals surface area contributed by atoms with E-state index in [2.05, 4.69) is 71.9 Å². The molecule has 0 radical (unpaired) electrons. The van der Waals surface area contributed by atoms with Crippen LogP contribution in [0.15, 0.2) is 30.3 Å². The molecule has 3 heteroatoms. The number of ether oxygens (including phenoxy) is 1. The summed E-state index contributed by atoms with van der Waals surface area (Å²) in [5.74, 6) is 1.77. The van der Waals surface area contributed by atoms with Crippen LogP contribution in [0.25, 0.3) is 0 Å². The Kier molecular flexibility index (Phi) is 4.92. The number of fused-ring (bicyclic) bond motifs is 1. The van der Waals surface area contributed by atoms with E-state index in [9.17, 15) is 0 Å². The molecule has 0 bridgehead atoms. The van der Waals surface area contributed by atoms with Crippen molar-refractivity contribution in [1.29, 1.82) is 0 Å². The van der Waals surface area contributed by atoms with Gasteiger partial charge >= 0.3 is 0 Å². The lowest BCUT2D eigenvalue weighted by Gasteiger charge is -2.27. The zero-order chi connectivity index (χ0) is 16.9. The molecule has 0 fully saturated rings. The fraction of sp³-hybridized carbons (Fsp3) is 0.429. The topological polar surface area (TPSA) is 35.2 Å². The molecule has 1 unspecified atom stereocenters. The molecule has 0 amide bonds. The number of nitrogen functional groups attached to an aromatic ring is 1. The van der Waals surface area contributed by atoms with Crippen LogP contribution in [-0.2, 0) is 0 Å². The minimum Gasteiger partial charge on any atom is -0.486 e. The van der Waals surface area contributed by atoms with E-state index in [1.807, 2.05) is 0 Å². The normalized spacial score (nSPS) is 18.0. The molecular weight excluding hydrogens is 318 g/mol. The molecule has 2 aromatic rings. The molecule has 130 valence electrons. The van der Waals surface area contributed by atoms with Crippen molar-refractivity contribution in [3.8, 4) is 5.75 Å². The van der Waals surface area contributed by atoms with Gasteiger partial charge in [-0.25, -0.2) is 0 Å². The number of anilines is 1. The molecule has 2 nitrogen and oxygen atoms in total. The van der Waals surface area contributed by atoms with Crippen LogP contribution in [0, 0.1) is 13.8 Å². The average Bonchev–Trinajstić information content (AvgIpc) is 2.76. The number of nitrogens with two attached hydrogens (primary N) is 1. The summed E-state index contributed by atoms with van der Waals surface area (Å²) in [6.07, 6.45) is 0. The van der Waals surface area contributed by atoms with Crippen molar-refractivity contribution in [2.75, 3.05) is 5.73 Å². The van der Waals surface area contributed by atoms with Crippen LogP contribution in [0.3, 0.4) is 0 Å². The van der Waals surface area contributed by atoms with E-state index >= 15 is 0 Å². The monoisotopic (exact) mass is 345 g/mol. The summed E-state index contributed by atoms with van der Waals surface area (Å²) in [6, 6.07) is 11.1. The second-order valence-corrected chi connectivity index (χ2v) is 7.59. The van der Waals surface area contributed by atoms with Crippen LogP contribution >= 0.6 is 12.4 Å². The predicted molar refractivity (Wildman–Crippen MR) is 105 cm³/mol. The molecule has 1 atom stereocenters. The van der Waals surface area contributed by atoms with Crippen molar-refractivity contribution in [2.45, 2.75) is 59.0 Å². The fourth-order valence-electron chi connectivity index (χ4n) is 3.65. The van der Waals surface area contributed by atoms with E-state index in [1.165, 1.54) is 16.7 Å². The van der Waals surface area contributed by atoms with Crippen LogP contribution in [0.5, 0.6) is 5.75 Å². The van der Waals surface area contributed by atoms with E-state index < -0.39 is 0 Å². The summed E-state index contributed by atoms with van der Waals surface area (Å²) in [5, 5.41) is 0. The van der Waals surface area contributed by atoms with Crippen molar-refractivity contribution >= 4 is 18.1 Å². The quantitative estimate of drug-likeness (QED) is 0.705. The highest BCUT2D eigenvalue weighted by Gasteiger charge is 2.43. The van der Waals surface area contributed by atoms with Gasteiger partial charge in [-0.15, -0.1) is 12.4 Å². The number of hydrogen-bond acceptors (Lipinski definition) is 2. The summed E-state index contributed by atoms with van der Waals surface area (Å²) in [4.78, 5) is 0. The number of benzene rings is 2. The Morgan fingerprint density at radius 1 is 1.04 bits per heavy atom. The van der Waals surface area contributed by atoms with Gasteiger partial charge in [0.25, 0.3) is 0 Å². The molecular formula is C21H28ClNO. The smallest absolute Gasteiger partial charge is 0.127 e. The molecule has 1 heterocycles. The summed E-state index contributed by atoms with van der Waals surface area (Å²) in [6.45, 7) is 12.9. The van der Waals surface area contributed by atoms with Crippen molar-refractivity contribution in [1.82, 2.24) is 0 Å². The lowest BCUT2D eigenvalue weighted by atomic mass is 9.80. The van der Waals surface area contributed by atoms with Crippen molar-refractivity contribution in [2.24, 2.45) is 0 Å². The van der Waals surface area contributed by atoms with Crippen LogP contribution in [-0.4, -0.2) is 5.60 Å². The van der Waals surface area contributed by atoms with E-state index in [4.69, 9.17) is 10.5 Å². The minimum absolute atomic E-state index is 0. The maximum atomic E-state index is 6.35. The molecule has 0 saturated heterocycles. The number of rotatable bonds is 2. The first kappa shape index (κ1) is 18.7. The Hall–Kier alpha value is -1.67. The van der Waals surface area contributed by atoms with E-state index in [0.717, 1.165) is 22.6 Å². The second-order valence-electron chi connectivity index (χ2n) is 7.59. The first-order valence-corrected chi connectivity index (χ1v) is 8.41. The van der Waals surface area contributed by atoms with Gasteiger partial charge in [0, 0.05) is 11.3 Å². The largest absolute Gasteiger partial charge is 0.486 e. The summed E-state index contributed by atoms with van der Waals surface area (Å²) >= 11 is 0. The Labute approximate surface area is 151 Å². The van der Waals surface area contributed by atoms with Crippen LogP contribution < -0.4 is 10.5 Å². The minimum atomic E-state index is -0.271. The van der Waals surface area contributed by atoms with Gasteiger partial charge in [-0.05, 0) is 61.9 Å². The molecule has 0 spiro atoms. The molecule has 2 N–H and O–H groups in total. The predicted octanol–water partition coefficient (Wildman–Crippen LogP) is 5.73. The molecule has 0 aromatic heterocycles. The Bertz CT molecular complexity index is 747. The van der Waals surface area contributed by atoms with Gasteiger partial charge < -0.3 is 10.5 Å². The molecule has 0 aliphatic carbocycles. The molecule has 3 rings (SSSR count). The first-order valence-electron chi connectivity index (χ1n) is 8.41. The Balaban J connectivity index is 0.00000208. The fourth-order valence-corrected chi connectivity index (χ4v) is 3.65. The average molecular weight is 346 g/mol. The highest BCUT2D eigenvalue weighted by atomic mass is 35.5. The van der Waals surface area contributed by atoms with E-state index in [-0.39, 0.29) is 23.9 Å². The Morgan fingerprint density at radius 3 is 2.17 bits per heavy atom. The SMILES string of the molecule is Cc1c(N)cc2c(c1C)OC(C)(C)C2c1ccc(C(C)C)cc1.Cl. The summed E-state index contributed by atoms with van der Waals surface area (Å²) in [7, 11) is 0. The van der Waals surface area contributed by atoms with Gasteiger partial charge in [-0.2, -0.15) is 0 Å². The zero-order valence-corrected chi connectivity index (χ0v) is 16.3. The zero-order valence-electron chi connectivity index (χ0n) is 15.4. The molecule has 0 saturated carbocycles. The summed E-state index contributed by atoms with van der Waals surface area (Å²) < 4.78 is 6.35. The van der Waals surface area contributed by atoms with Crippen LogP contribution in [0.2, 0.25) is 0 Å². The van der Waals surface area contributed by atoms with Gasteiger partial charge in [0.1, 0.15) is 11.4 Å². The first-order chi connectivity index (χ1) is 10.7. The maximum absolute atomic E-state index is 6.35. The third-order valence-electron chi connectivity index (χ3n) is 5.22.